The van der Waals surface area contributed by atoms with Gasteiger partial charge in [0.25, 0.3) is 5.91 Å². The summed E-state index contributed by atoms with van der Waals surface area (Å²) in [7, 11) is 5.09. The quantitative estimate of drug-likeness (QED) is 0.845. The topological polar surface area (TPSA) is 49.9 Å². The van der Waals surface area contributed by atoms with Gasteiger partial charge in [0, 0.05) is 33.3 Å². The number of carbonyl (C=O) groups excluding carboxylic acids is 2. The minimum absolute atomic E-state index is 0.00291. The van der Waals surface area contributed by atoms with Crippen LogP contribution in [0.2, 0.25) is 0 Å². The molecule has 2 rings (SSSR count). The van der Waals surface area contributed by atoms with E-state index in [1.807, 2.05) is 12.1 Å². The highest BCUT2D eigenvalue weighted by molar-refractivity contribution is 5.97. The van der Waals surface area contributed by atoms with E-state index in [1.165, 1.54) is 0 Å². The summed E-state index contributed by atoms with van der Waals surface area (Å²) in [6.07, 6.45) is 1.61. The summed E-state index contributed by atoms with van der Waals surface area (Å²) < 4.78 is 5.06. The van der Waals surface area contributed by atoms with Gasteiger partial charge in [-0.1, -0.05) is 12.1 Å². The van der Waals surface area contributed by atoms with E-state index in [-0.39, 0.29) is 17.9 Å². The maximum Gasteiger partial charge on any atom is 0.254 e. The fraction of sp³-hybridized carbons (Fsp3) is 0.500. The van der Waals surface area contributed by atoms with E-state index < -0.39 is 0 Å². The van der Waals surface area contributed by atoms with E-state index in [1.54, 1.807) is 43.1 Å². The molecule has 0 aromatic heterocycles. The molecule has 1 aliphatic rings. The van der Waals surface area contributed by atoms with Crippen molar-refractivity contribution in [2.75, 3.05) is 27.7 Å². The summed E-state index contributed by atoms with van der Waals surface area (Å²) >= 11 is 0. The molecule has 1 heterocycles. The molecule has 0 radical (unpaired) electrons. The highest BCUT2D eigenvalue weighted by Gasteiger charge is 2.35. The average molecular weight is 290 g/mol. The Labute approximate surface area is 125 Å². The monoisotopic (exact) mass is 290 g/mol. The van der Waals surface area contributed by atoms with Gasteiger partial charge in [0.2, 0.25) is 5.91 Å². The lowest BCUT2D eigenvalue weighted by atomic mass is 10.1. The van der Waals surface area contributed by atoms with E-state index in [0.717, 1.165) is 18.4 Å². The predicted molar refractivity (Wildman–Crippen MR) is 79.9 cm³/mol. The van der Waals surface area contributed by atoms with Crippen molar-refractivity contribution in [2.45, 2.75) is 25.5 Å². The number of likely N-dealkylation sites (N-methyl/N-ethyl adjacent to an activating group) is 1. The number of hydrogen-bond acceptors (Lipinski definition) is 3. The molecular weight excluding hydrogens is 268 g/mol. The van der Waals surface area contributed by atoms with Crippen LogP contribution in [0, 0.1) is 0 Å². The highest BCUT2D eigenvalue weighted by atomic mass is 16.5. The lowest BCUT2D eigenvalue weighted by molar-refractivity contribution is -0.132. The van der Waals surface area contributed by atoms with Gasteiger partial charge in [0.1, 0.15) is 6.04 Å². The van der Waals surface area contributed by atoms with Crippen molar-refractivity contribution >= 4 is 11.8 Å². The minimum Gasteiger partial charge on any atom is -0.380 e. The number of rotatable bonds is 4. The molecule has 2 amide bonds. The first-order valence-electron chi connectivity index (χ1n) is 7.14. The largest absolute Gasteiger partial charge is 0.380 e. The van der Waals surface area contributed by atoms with Crippen LogP contribution < -0.4 is 0 Å². The van der Waals surface area contributed by atoms with E-state index in [2.05, 4.69) is 0 Å². The number of likely N-dealkylation sites (tertiary alicyclic amines) is 1. The summed E-state index contributed by atoms with van der Waals surface area (Å²) in [6.45, 7) is 1.17. The molecule has 5 nitrogen and oxygen atoms in total. The van der Waals surface area contributed by atoms with Gasteiger partial charge in [-0.15, -0.1) is 0 Å². The molecule has 1 saturated heterocycles. The maximum atomic E-state index is 12.6. The number of amides is 2. The van der Waals surface area contributed by atoms with Crippen molar-refractivity contribution in [3.8, 4) is 0 Å². The second-order valence-corrected chi connectivity index (χ2v) is 5.52. The summed E-state index contributed by atoms with van der Waals surface area (Å²) in [4.78, 5) is 28.0. The normalized spacial score (nSPS) is 17.9. The number of ether oxygens (including phenoxy) is 1. The minimum atomic E-state index is -0.328. The SMILES string of the molecule is COCc1ccc(C(=O)N2CCCC2C(=O)N(C)C)cc1. The number of nitrogens with zero attached hydrogens (tertiary/aromatic N) is 2. The van der Waals surface area contributed by atoms with Gasteiger partial charge < -0.3 is 14.5 Å². The molecule has 0 spiro atoms. The Morgan fingerprint density at radius 1 is 1.29 bits per heavy atom. The van der Waals surface area contributed by atoms with Crippen molar-refractivity contribution < 1.29 is 14.3 Å². The molecule has 114 valence electrons. The van der Waals surface area contributed by atoms with E-state index >= 15 is 0 Å². The summed E-state index contributed by atoms with van der Waals surface area (Å²) in [6, 6.07) is 7.04. The van der Waals surface area contributed by atoms with Gasteiger partial charge in [-0.05, 0) is 30.5 Å². The van der Waals surface area contributed by atoms with Crippen molar-refractivity contribution in [3.05, 3.63) is 35.4 Å². The third kappa shape index (κ3) is 3.42. The molecule has 0 aliphatic carbocycles. The van der Waals surface area contributed by atoms with Crippen LogP contribution in [0.5, 0.6) is 0 Å². The van der Waals surface area contributed by atoms with Crippen LogP contribution >= 0.6 is 0 Å². The molecule has 0 N–H and O–H groups in total. The third-order valence-corrected chi connectivity index (χ3v) is 3.75. The zero-order valence-electron chi connectivity index (χ0n) is 12.8. The highest BCUT2D eigenvalue weighted by Crippen LogP contribution is 2.21. The second-order valence-electron chi connectivity index (χ2n) is 5.52. The number of benzene rings is 1. The van der Waals surface area contributed by atoms with Crippen LogP contribution in [-0.4, -0.2) is 55.4 Å². The van der Waals surface area contributed by atoms with E-state index in [9.17, 15) is 9.59 Å². The van der Waals surface area contributed by atoms with Crippen molar-refractivity contribution in [3.63, 3.8) is 0 Å². The van der Waals surface area contributed by atoms with Gasteiger partial charge >= 0.3 is 0 Å². The van der Waals surface area contributed by atoms with Crippen LogP contribution in [0.15, 0.2) is 24.3 Å². The fourth-order valence-corrected chi connectivity index (χ4v) is 2.64. The first kappa shape index (κ1) is 15.5. The van der Waals surface area contributed by atoms with Gasteiger partial charge in [-0.2, -0.15) is 0 Å². The fourth-order valence-electron chi connectivity index (χ4n) is 2.64. The molecular formula is C16H22N2O3. The van der Waals surface area contributed by atoms with Gasteiger partial charge in [-0.25, -0.2) is 0 Å². The Hall–Kier alpha value is -1.88. The zero-order valence-corrected chi connectivity index (χ0v) is 12.8. The molecule has 0 bridgehead atoms. The Kier molecular flexibility index (Phi) is 4.96. The smallest absolute Gasteiger partial charge is 0.254 e. The van der Waals surface area contributed by atoms with Crippen molar-refractivity contribution in [1.82, 2.24) is 9.80 Å². The van der Waals surface area contributed by atoms with Crippen molar-refractivity contribution in [1.29, 1.82) is 0 Å². The number of hydrogen-bond donors (Lipinski definition) is 0. The van der Waals surface area contributed by atoms with Crippen molar-refractivity contribution in [2.24, 2.45) is 0 Å². The van der Waals surface area contributed by atoms with Crippen LogP contribution in [0.25, 0.3) is 0 Å². The van der Waals surface area contributed by atoms with Gasteiger partial charge in [0.05, 0.1) is 6.61 Å². The van der Waals surface area contributed by atoms with Crippen LogP contribution in [-0.2, 0) is 16.1 Å². The molecule has 1 atom stereocenters. The number of methoxy groups -OCH3 is 1. The van der Waals surface area contributed by atoms with E-state index in [4.69, 9.17) is 4.74 Å². The Morgan fingerprint density at radius 3 is 2.52 bits per heavy atom. The van der Waals surface area contributed by atoms with Gasteiger partial charge in [0.15, 0.2) is 0 Å². The first-order chi connectivity index (χ1) is 10.0. The lowest BCUT2D eigenvalue weighted by Crippen LogP contribution is -2.45. The Balaban J connectivity index is 2.13. The Morgan fingerprint density at radius 2 is 1.95 bits per heavy atom. The molecule has 21 heavy (non-hydrogen) atoms. The first-order valence-corrected chi connectivity index (χ1v) is 7.14. The average Bonchev–Trinajstić information content (AvgIpc) is 2.96. The molecule has 1 aromatic rings. The van der Waals surface area contributed by atoms with Crippen LogP contribution in [0.1, 0.15) is 28.8 Å². The van der Waals surface area contributed by atoms with Gasteiger partial charge in [-0.3, -0.25) is 9.59 Å². The lowest BCUT2D eigenvalue weighted by Gasteiger charge is -2.26. The molecule has 1 aromatic carbocycles. The molecule has 0 saturated carbocycles. The summed E-state index contributed by atoms with van der Waals surface area (Å²) in [5.74, 6) is -0.0754. The predicted octanol–water partition coefficient (Wildman–Crippen LogP) is 1.53. The summed E-state index contributed by atoms with van der Waals surface area (Å²) in [5, 5.41) is 0. The molecule has 5 heteroatoms. The number of carbonyl (C=O) groups is 2. The molecule has 1 aliphatic heterocycles. The second kappa shape index (κ2) is 6.72. The zero-order chi connectivity index (χ0) is 15.4. The Bertz CT molecular complexity index is 511. The molecule has 1 fully saturated rings. The maximum absolute atomic E-state index is 12.6. The molecule has 1 unspecified atom stereocenters. The van der Waals surface area contributed by atoms with Crippen LogP contribution in [0.4, 0.5) is 0 Å². The summed E-state index contributed by atoms with van der Waals surface area (Å²) in [5.41, 5.74) is 1.64. The van der Waals surface area contributed by atoms with E-state index in [0.29, 0.717) is 18.7 Å². The standard InChI is InChI=1S/C16H22N2O3/c1-17(2)16(20)14-5-4-10-18(14)15(19)13-8-6-12(7-9-13)11-21-3/h6-9,14H,4-5,10-11H2,1-3H3. The van der Waals surface area contributed by atoms with Crippen LogP contribution in [0.3, 0.4) is 0 Å². The third-order valence-electron chi connectivity index (χ3n) is 3.75.